The predicted octanol–water partition coefficient (Wildman–Crippen LogP) is 0.320. The van der Waals surface area contributed by atoms with Crippen LogP contribution in [0, 0.1) is 0 Å². The van der Waals surface area contributed by atoms with Crippen LogP contribution in [0.15, 0.2) is 30.3 Å². The van der Waals surface area contributed by atoms with E-state index in [0.717, 1.165) is 0 Å². The minimum atomic E-state index is -1.56. The molecule has 0 aliphatic heterocycles. The monoisotopic (exact) mass is 194 g/mol. The topological polar surface area (TPSA) is 78.3 Å². The van der Waals surface area contributed by atoms with Crippen molar-refractivity contribution in [3.05, 3.63) is 35.9 Å². The van der Waals surface area contributed by atoms with Gasteiger partial charge in [-0.1, -0.05) is 30.3 Å². The normalized spacial score (nSPS) is 11.1. The van der Waals surface area contributed by atoms with Gasteiger partial charge in [0.1, 0.15) is 0 Å². The smallest absolute Gasteiger partial charge is 0.345 e. The largest absolute Gasteiger partial charge is 0.463 e. The molecule has 0 unspecified atom stereocenters. The number of benzene rings is 1. The first-order valence-electron chi connectivity index (χ1n) is 4.39. The lowest BCUT2D eigenvalue weighted by Crippen LogP contribution is -2.54. The summed E-state index contributed by atoms with van der Waals surface area (Å²) in [4.78, 5) is 11.4. The predicted molar refractivity (Wildman–Crippen MR) is 53.1 cm³/mol. The Morgan fingerprint density at radius 3 is 2.43 bits per heavy atom. The van der Waals surface area contributed by atoms with Crippen LogP contribution < -0.4 is 11.5 Å². The lowest BCUT2D eigenvalue weighted by Gasteiger charge is -2.22. The molecular weight excluding hydrogens is 180 g/mol. The maximum Gasteiger partial charge on any atom is 0.345 e. The van der Waals surface area contributed by atoms with Gasteiger partial charge in [0.05, 0.1) is 6.61 Å². The van der Waals surface area contributed by atoms with Crippen LogP contribution in [-0.4, -0.2) is 12.6 Å². The lowest BCUT2D eigenvalue weighted by atomic mass is 10.0. The molecule has 0 spiro atoms. The maximum atomic E-state index is 11.4. The van der Waals surface area contributed by atoms with E-state index in [1.165, 1.54) is 0 Å². The fourth-order valence-electron chi connectivity index (χ4n) is 1.08. The number of rotatable bonds is 3. The summed E-state index contributed by atoms with van der Waals surface area (Å²) in [5.41, 5.74) is 10.3. The lowest BCUT2D eigenvalue weighted by molar-refractivity contribution is -0.149. The van der Waals surface area contributed by atoms with E-state index in [1.54, 1.807) is 31.2 Å². The second-order valence-electron chi connectivity index (χ2n) is 2.96. The van der Waals surface area contributed by atoms with Gasteiger partial charge >= 0.3 is 5.97 Å². The molecule has 4 nitrogen and oxygen atoms in total. The molecule has 0 amide bonds. The molecule has 0 aliphatic rings. The third kappa shape index (κ3) is 2.10. The van der Waals surface area contributed by atoms with E-state index in [1.807, 2.05) is 6.07 Å². The summed E-state index contributed by atoms with van der Waals surface area (Å²) in [7, 11) is 0. The Morgan fingerprint density at radius 1 is 1.36 bits per heavy atom. The third-order valence-electron chi connectivity index (χ3n) is 1.86. The molecule has 4 N–H and O–H groups in total. The molecule has 0 fully saturated rings. The van der Waals surface area contributed by atoms with Crippen LogP contribution in [0.1, 0.15) is 12.5 Å². The van der Waals surface area contributed by atoms with Crippen LogP contribution in [-0.2, 0) is 15.2 Å². The second kappa shape index (κ2) is 4.21. The van der Waals surface area contributed by atoms with Crippen LogP contribution >= 0.6 is 0 Å². The molecule has 1 aromatic carbocycles. The Labute approximate surface area is 82.8 Å². The Morgan fingerprint density at radius 2 is 1.93 bits per heavy atom. The van der Waals surface area contributed by atoms with Crippen LogP contribution in [0.5, 0.6) is 0 Å². The Bertz CT molecular complexity index is 309. The van der Waals surface area contributed by atoms with Crippen molar-refractivity contribution in [1.29, 1.82) is 0 Å². The van der Waals surface area contributed by atoms with E-state index < -0.39 is 11.6 Å². The molecule has 0 radical (unpaired) electrons. The zero-order valence-corrected chi connectivity index (χ0v) is 8.07. The Kier molecular flexibility index (Phi) is 3.22. The van der Waals surface area contributed by atoms with Gasteiger partial charge < -0.3 is 16.2 Å². The third-order valence-corrected chi connectivity index (χ3v) is 1.86. The van der Waals surface area contributed by atoms with Gasteiger partial charge in [-0.15, -0.1) is 0 Å². The fourth-order valence-corrected chi connectivity index (χ4v) is 1.08. The molecular formula is C10H14N2O2. The van der Waals surface area contributed by atoms with Gasteiger partial charge in [-0.25, -0.2) is 4.79 Å². The molecule has 0 saturated heterocycles. The molecule has 1 aromatic rings. The first-order chi connectivity index (χ1) is 6.59. The summed E-state index contributed by atoms with van der Waals surface area (Å²) in [5, 5.41) is 0. The fraction of sp³-hybridized carbons (Fsp3) is 0.300. The van der Waals surface area contributed by atoms with Crippen molar-refractivity contribution in [2.24, 2.45) is 11.5 Å². The molecule has 0 heterocycles. The average Bonchev–Trinajstić information content (AvgIpc) is 2.19. The van der Waals surface area contributed by atoms with Gasteiger partial charge in [-0.2, -0.15) is 0 Å². The van der Waals surface area contributed by atoms with Gasteiger partial charge in [0.15, 0.2) is 5.66 Å². The Balaban J connectivity index is 2.90. The van der Waals surface area contributed by atoms with Gasteiger partial charge in [0.25, 0.3) is 0 Å². The summed E-state index contributed by atoms with van der Waals surface area (Å²) < 4.78 is 4.77. The molecule has 0 aliphatic carbocycles. The number of hydrogen-bond donors (Lipinski definition) is 2. The standard InChI is InChI=1S/C10H14N2O2/c1-2-14-9(13)10(11,12)8-6-4-3-5-7-8/h3-7H,2,11-12H2,1H3. The molecule has 0 saturated carbocycles. The van der Waals surface area contributed by atoms with Crippen LogP contribution in [0.4, 0.5) is 0 Å². The number of ether oxygens (including phenoxy) is 1. The number of carbonyl (C=O) groups excluding carboxylic acids is 1. The first kappa shape index (κ1) is 10.7. The highest BCUT2D eigenvalue weighted by molar-refractivity contribution is 5.81. The zero-order chi connectivity index (χ0) is 10.6. The van der Waals surface area contributed by atoms with Crippen molar-refractivity contribution in [2.75, 3.05) is 6.61 Å². The van der Waals surface area contributed by atoms with E-state index >= 15 is 0 Å². The van der Waals surface area contributed by atoms with E-state index in [9.17, 15) is 4.79 Å². The Hall–Kier alpha value is -1.39. The molecule has 4 heteroatoms. The van der Waals surface area contributed by atoms with Crippen molar-refractivity contribution in [1.82, 2.24) is 0 Å². The van der Waals surface area contributed by atoms with Crippen molar-refractivity contribution in [3.63, 3.8) is 0 Å². The summed E-state index contributed by atoms with van der Waals surface area (Å²) in [5.74, 6) is -0.619. The van der Waals surface area contributed by atoms with Crippen LogP contribution in [0.2, 0.25) is 0 Å². The average molecular weight is 194 g/mol. The van der Waals surface area contributed by atoms with Gasteiger partial charge in [-0.05, 0) is 12.5 Å². The van der Waals surface area contributed by atoms with Crippen LogP contribution in [0.3, 0.4) is 0 Å². The zero-order valence-electron chi connectivity index (χ0n) is 8.07. The summed E-state index contributed by atoms with van der Waals surface area (Å²) in [6.07, 6.45) is 0. The van der Waals surface area contributed by atoms with E-state index in [4.69, 9.17) is 16.2 Å². The highest BCUT2D eigenvalue weighted by Gasteiger charge is 2.32. The highest BCUT2D eigenvalue weighted by atomic mass is 16.5. The summed E-state index contributed by atoms with van der Waals surface area (Å²) in [6, 6.07) is 8.74. The molecule has 0 atom stereocenters. The molecule has 1 rings (SSSR count). The minimum Gasteiger partial charge on any atom is -0.463 e. The number of esters is 1. The van der Waals surface area contributed by atoms with Crippen molar-refractivity contribution >= 4 is 5.97 Å². The maximum absolute atomic E-state index is 11.4. The first-order valence-corrected chi connectivity index (χ1v) is 4.39. The number of nitrogens with two attached hydrogens (primary N) is 2. The second-order valence-corrected chi connectivity index (χ2v) is 2.96. The SMILES string of the molecule is CCOC(=O)C(N)(N)c1ccccc1. The number of hydrogen-bond acceptors (Lipinski definition) is 4. The summed E-state index contributed by atoms with van der Waals surface area (Å²) >= 11 is 0. The van der Waals surface area contributed by atoms with Crippen LogP contribution in [0.25, 0.3) is 0 Å². The molecule has 0 aromatic heterocycles. The van der Waals surface area contributed by atoms with Gasteiger partial charge in [0, 0.05) is 0 Å². The van der Waals surface area contributed by atoms with Crippen molar-refractivity contribution in [2.45, 2.75) is 12.6 Å². The highest BCUT2D eigenvalue weighted by Crippen LogP contribution is 2.13. The summed E-state index contributed by atoms with van der Waals surface area (Å²) in [6.45, 7) is 1.97. The quantitative estimate of drug-likeness (QED) is 0.536. The van der Waals surface area contributed by atoms with Gasteiger partial charge in [0.2, 0.25) is 0 Å². The minimum absolute atomic E-state index is 0.266. The molecule has 0 bridgehead atoms. The van der Waals surface area contributed by atoms with E-state index in [2.05, 4.69) is 0 Å². The van der Waals surface area contributed by atoms with Gasteiger partial charge in [-0.3, -0.25) is 0 Å². The van der Waals surface area contributed by atoms with Crippen molar-refractivity contribution in [3.8, 4) is 0 Å². The number of carbonyl (C=O) groups is 1. The molecule has 76 valence electrons. The molecule has 14 heavy (non-hydrogen) atoms. The van der Waals surface area contributed by atoms with E-state index in [0.29, 0.717) is 5.56 Å². The van der Waals surface area contributed by atoms with E-state index in [-0.39, 0.29) is 6.61 Å². The van der Waals surface area contributed by atoms with Crippen molar-refractivity contribution < 1.29 is 9.53 Å².